The van der Waals surface area contributed by atoms with E-state index in [0.29, 0.717) is 25.9 Å². The van der Waals surface area contributed by atoms with Crippen molar-refractivity contribution in [2.45, 2.75) is 373 Å². The van der Waals surface area contributed by atoms with Gasteiger partial charge < -0.3 is 20.3 Å². The summed E-state index contributed by atoms with van der Waals surface area (Å²) in [6, 6.07) is -0.555. The van der Waals surface area contributed by atoms with Gasteiger partial charge >= 0.3 is 5.97 Å². The Morgan fingerprint density at radius 1 is 0.389 bits per heavy atom. The fourth-order valence-electron chi connectivity index (χ4n) is 10.3. The van der Waals surface area contributed by atoms with Crippen molar-refractivity contribution >= 4 is 11.9 Å². The van der Waals surface area contributed by atoms with E-state index in [1.165, 1.54) is 244 Å². The van der Waals surface area contributed by atoms with Crippen molar-refractivity contribution < 1.29 is 24.5 Å². The summed E-state index contributed by atoms with van der Waals surface area (Å²) in [5.41, 5.74) is 0. The summed E-state index contributed by atoms with van der Waals surface area (Å²) in [4.78, 5) is 24.6. The highest BCUT2D eigenvalue weighted by Crippen LogP contribution is 2.18. The van der Waals surface area contributed by atoms with Gasteiger partial charge in [-0.05, 0) is 64.2 Å². The summed E-state index contributed by atoms with van der Waals surface area (Å²) in [5.74, 6) is -0.0584. The molecule has 72 heavy (non-hydrogen) atoms. The van der Waals surface area contributed by atoms with E-state index in [0.717, 1.165) is 83.5 Å². The molecular weight excluding hydrogens is 887 g/mol. The van der Waals surface area contributed by atoms with Crippen LogP contribution in [0, 0.1) is 0 Å². The van der Waals surface area contributed by atoms with E-state index in [9.17, 15) is 19.8 Å². The first-order valence-corrected chi connectivity index (χ1v) is 32.6. The first-order valence-electron chi connectivity index (χ1n) is 32.6. The molecule has 2 unspecified atom stereocenters. The second-order valence-corrected chi connectivity index (χ2v) is 22.5. The van der Waals surface area contributed by atoms with Gasteiger partial charge in [-0.25, -0.2) is 0 Å². The lowest BCUT2D eigenvalue weighted by Gasteiger charge is -2.22. The summed E-state index contributed by atoms with van der Waals surface area (Å²) in [6.45, 7) is 4.94. The third-order valence-corrected chi connectivity index (χ3v) is 15.3. The number of carbonyl (C=O) groups excluding carboxylic acids is 2. The number of rotatable bonds is 61. The minimum Gasteiger partial charge on any atom is -0.466 e. The third kappa shape index (κ3) is 57.6. The van der Waals surface area contributed by atoms with E-state index in [2.05, 4.69) is 43.5 Å². The van der Waals surface area contributed by atoms with Gasteiger partial charge in [0.05, 0.1) is 25.4 Å². The zero-order valence-electron chi connectivity index (χ0n) is 48.7. The van der Waals surface area contributed by atoms with E-state index >= 15 is 0 Å². The van der Waals surface area contributed by atoms with Gasteiger partial charge in [-0.1, -0.05) is 308 Å². The topological polar surface area (TPSA) is 95.9 Å². The zero-order chi connectivity index (χ0) is 52.2. The number of ether oxygens (including phenoxy) is 1. The molecule has 6 nitrogen and oxygen atoms in total. The molecule has 2 atom stereocenters. The number of carbonyl (C=O) groups is 2. The highest BCUT2D eigenvalue weighted by Gasteiger charge is 2.20. The van der Waals surface area contributed by atoms with Crippen LogP contribution in [0.3, 0.4) is 0 Å². The van der Waals surface area contributed by atoms with Crippen LogP contribution in [0.1, 0.15) is 361 Å². The second kappa shape index (κ2) is 61.9. The molecule has 0 aliphatic carbocycles. The smallest absolute Gasteiger partial charge is 0.305 e. The Balaban J connectivity index is 3.47. The molecule has 0 spiro atoms. The SMILES string of the molecule is CCCCCCCCCCCCCCCCCCCCCCCCC(O)C(CO)NC(=O)CCCCCCCCC/C=C\C/C=C\CCCCCOC(=O)CCCCCCCCCCCCCCCCCC. The summed E-state index contributed by atoms with van der Waals surface area (Å²) in [6.07, 6.45) is 76.2. The maximum Gasteiger partial charge on any atom is 0.305 e. The first-order chi connectivity index (χ1) is 35.5. The molecule has 0 bridgehead atoms. The lowest BCUT2D eigenvalue weighted by atomic mass is 10.0. The molecule has 0 saturated heterocycles. The lowest BCUT2D eigenvalue weighted by Crippen LogP contribution is -2.45. The van der Waals surface area contributed by atoms with Crippen molar-refractivity contribution in [2.24, 2.45) is 0 Å². The quantitative estimate of drug-likeness (QED) is 0.0320. The Labute approximate surface area is 450 Å². The number of aliphatic hydroxyl groups is 2. The van der Waals surface area contributed by atoms with Crippen LogP contribution < -0.4 is 5.32 Å². The Kier molecular flexibility index (Phi) is 60.5. The van der Waals surface area contributed by atoms with Crippen LogP contribution in [-0.2, 0) is 14.3 Å². The Bertz CT molecular complexity index is 1120. The predicted octanol–water partition coefficient (Wildman–Crippen LogP) is 20.6. The van der Waals surface area contributed by atoms with Crippen molar-refractivity contribution in [2.75, 3.05) is 13.2 Å². The Morgan fingerprint density at radius 3 is 1.06 bits per heavy atom. The predicted molar refractivity (Wildman–Crippen MR) is 315 cm³/mol. The van der Waals surface area contributed by atoms with Crippen molar-refractivity contribution in [3.8, 4) is 0 Å². The van der Waals surface area contributed by atoms with E-state index in [-0.39, 0.29) is 18.5 Å². The Morgan fingerprint density at radius 2 is 0.694 bits per heavy atom. The molecule has 3 N–H and O–H groups in total. The number of nitrogens with one attached hydrogen (secondary N) is 1. The van der Waals surface area contributed by atoms with E-state index in [1.54, 1.807) is 0 Å². The van der Waals surface area contributed by atoms with Crippen LogP contribution in [0.2, 0.25) is 0 Å². The molecule has 0 saturated carbocycles. The van der Waals surface area contributed by atoms with Crippen LogP contribution in [0.5, 0.6) is 0 Å². The summed E-state index contributed by atoms with van der Waals surface area (Å²) in [7, 11) is 0. The van der Waals surface area contributed by atoms with Crippen molar-refractivity contribution in [3.05, 3.63) is 24.3 Å². The fourth-order valence-corrected chi connectivity index (χ4v) is 10.3. The molecule has 0 aromatic carbocycles. The van der Waals surface area contributed by atoms with Crippen LogP contribution in [0.25, 0.3) is 0 Å². The third-order valence-electron chi connectivity index (χ3n) is 15.3. The zero-order valence-corrected chi connectivity index (χ0v) is 48.7. The van der Waals surface area contributed by atoms with Gasteiger partial charge in [-0.3, -0.25) is 9.59 Å². The number of hydrogen-bond donors (Lipinski definition) is 3. The number of allylic oxidation sites excluding steroid dienone is 4. The number of unbranched alkanes of at least 4 members (excludes halogenated alkanes) is 46. The maximum absolute atomic E-state index is 12.5. The van der Waals surface area contributed by atoms with Gasteiger partial charge in [-0.15, -0.1) is 0 Å². The molecule has 0 aromatic rings. The summed E-state index contributed by atoms with van der Waals surface area (Å²) < 4.78 is 5.47. The maximum atomic E-state index is 12.5. The minimum atomic E-state index is -0.676. The van der Waals surface area contributed by atoms with Crippen LogP contribution in [0.15, 0.2) is 24.3 Å². The van der Waals surface area contributed by atoms with Gasteiger partial charge in [0.1, 0.15) is 0 Å². The number of amides is 1. The average molecular weight is 1010 g/mol. The highest BCUT2D eigenvalue weighted by atomic mass is 16.5. The Hall–Kier alpha value is -1.66. The molecule has 0 fully saturated rings. The molecule has 0 rings (SSSR count). The normalized spacial score (nSPS) is 12.7. The molecule has 0 radical (unpaired) electrons. The van der Waals surface area contributed by atoms with Crippen molar-refractivity contribution in [3.63, 3.8) is 0 Å². The molecule has 0 aliphatic rings. The van der Waals surface area contributed by atoms with Crippen LogP contribution >= 0.6 is 0 Å². The molecule has 0 aromatic heterocycles. The van der Waals surface area contributed by atoms with E-state index in [4.69, 9.17) is 4.74 Å². The first kappa shape index (κ1) is 70.3. The number of esters is 1. The van der Waals surface area contributed by atoms with Gasteiger partial charge in [0.25, 0.3) is 0 Å². The minimum absolute atomic E-state index is 0.0111. The number of aliphatic hydroxyl groups excluding tert-OH is 2. The summed E-state index contributed by atoms with van der Waals surface area (Å²) >= 11 is 0. The highest BCUT2D eigenvalue weighted by molar-refractivity contribution is 5.76. The van der Waals surface area contributed by atoms with Crippen LogP contribution in [-0.4, -0.2) is 47.4 Å². The molecule has 6 heteroatoms. The summed E-state index contributed by atoms with van der Waals surface area (Å²) in [5, 5.41) is 23.4. The molecular formula is C66H127NO5. The number of hydrogen-bond acceptors (Lipinski definition) is 5. The average Bonchev–Trinajstić information content (AvgIpc) is 3.38. The molecule has 1 amide bonds. The molecule has 0 heterocycles. The fraction of sp³-hybridized carbons (Fsp3) is 0.909. The van der Waals surface area contributed by atoms with Crippen molar-refractivity contribution in [1.29, 1.82) is 0 Å². The largest absolute Gasteiger partial charge is 0.466 e. The van der Waals surface area contributed by atoms with Gasteiger partial charge in [0.2, 0.25) is 5.91 Å². The van der Waals surface area contributed by atoms with E-state index in [1.807, 2.05) is 0 Å². The van der Waals surface area contributed by atoms with E-state index < -0.39 is 12.1 Å². The van der Waals surface area contributed by atoms with Gasteiger partial charge in [0, 0.05) is 12.8 Å². The van der Waals surface area contributed by atoms with Crippen molar-refractivity contribution in [1.82, 2.24) is 5.32 Å². The van der Waals surface area contributed by atoms with Crippen LogP contribution in [0.4, 0.5) is 0 Å². The monoisotopic (exact) mass is 1010 g/mol. The lowest BCUT2D eigenvalue weighted by molar-refractivity contribution is -0.143. The molecule has 0 aliphatic heterocycles. The van der Waals surface area contributed by atoms with Gasteiger partial charge in [-0.2, -0.15) is 0 Å². The van der Waals surface area contributed by atoms with Gasteiger partial charge in [0.15, 0.2) is 0 Å². The second-order valence-electron chi connectivity index (χ2n) is 22.5. The molecule has 426 valence electrons. The standard InChI is InChI=1S/C66H127NO5/c1-3-5-7-9-11-13-15-17-19-21-22-23-24-25-27-30-34-38-42-46-50-54-58-64(69)63(62-68)67-65(70)59-55-51-47-43-39-35-31-28-26-29-33-37-41-45-49-53-57-61-72-66(71)60-56-52-48-44-40-36-32-20-18-16-14-12-10-8-6-4-2/h26,29,37,41,63-64,68-69H,3-25,27-28,30-36,38-40,42-62H2,1-2H3,(H,67,70)/b29-26-,41-37-.